The molecular weight excluding hydrogens is 292 g/mol. The molecule has 0 aliphatic carbocycles. The minimum Gasteiger partial charge on any atom is -0.452 e. The van der Waals surface area contributed by atoms with Crippen molar-refractivity contribution in [2.24, 2.45) is 0 Å². The number of esters is 1. The Labute approximate surface area is 135 Å². The predicted molar refractivity (Wildman–Crippen MR) is 90.9 cm³/mol. The number of carbonyl (C=O) groups is 2. The lowest BCUT2D eigenvalue weighted by molar-refractivity contribution is -0.119. The molecule has 0 atom stereocenters. The van der Waals surface area contributed by atoms with Gasteiger partial charge >= 0.3 is 5.97 Å². The van der Waals surface area contributed by atoms with Crippen LogP contribution in [0.3, 0.4) is 0 Å². The Balaban J connectivity index is 1.88. The third-order valence-corrected chi connectivity index (χ3v) is 3.37. The smallest absolute Gasteiger partial charge is 0.338 e. The number of nitrogens with one attached hydrogen (secondary N) is 1. The number of ether oxygens (including phenoxy) is 1. The summed E-state index contributed by atoms with van der Waals surface area (Å²) in [7, 11) is 3.89. The molecule has 120 valence electrons. The molecule has 0 aliphatic heterocycles. The van der Waals surface area contributed by atoms with E-state index in [2.05, 4.69) is 5.32 Å². The summed E-state index contributed by atoms with van der Waals surface area (Å²) < 4.78 is 5.05. The molecule has 0 saturated carbocycles. The number of nitrogens with zero attached hydrogens (tertiary/aromatic N) is 1. The minimum atomic E-state index is -0.499. The first kappa shape index (κ1) is 16.5. The van der Waals surface area contributed by atoms with Crippen molar-refractivity contribution in [2.75, 3.05) is 30.9 Å². The molecule has 5 heteroatoms. The van der Waals surface area contributed by atoms with E-state index >= 15 is 0 Å². The zero-order chi connectivity index (χ0) is 16.8. The van der Waals surface area contributed by atoms with Gasteiger partial charge in [-0.2, -0.15) is 0 Å². The summed E-state index contributed by atoms with van der Waals surface area (Å²) in [6, 6.07) is 14.5. The number of rotatable bonds is 5. The Morgan fingerprint density at radius 3 is 2.30 bits per heavy atom. The maximum atomic E-state index is 11.9. The lowest BCUT2D eigenvalue weighted by Gasteiger charge is -2.13. The Hall–Kier alpha value is -2.82. The highest BCUT2D eigenvalue weighted by Crippen LogP contribution is 2.15. The highest BCUT2D eigenvalue weighted by atomic mass is 16.5. The molecule has 2 aromatic rings. The van der Waals surface area contributed by atoms with Crippen molar-refractivity contribution in [3.8, 4) is 0 Å². The summed E-state index contributed by atoms with van der Waals surface area (Å²) in [5, 5.41) is 2.69. The normalized spacial score (nSPS) is 10.0. The van der Waals surface area contributed by atoms with Gasteiger partial charge < -0.3 is 15.0 Å². The van der Waals surface area contributed by atoms with Crippen LogP contribution in [0, 0.1) is 6.92 Å². The summed E-state index contributed by atoms with van der Waals surface area (Å²) in [5.74, 6) is -0.870. The molecule has 1 amide bonds. The lowest BCUT2D eigenvalue weighted by Crippen LogP contribution is -2.21. The first-order valence-electron chi connectivity index (χ1n) is 7.27. The van der Waals surface area contributed by atoms with Crippen LogP contribution in [0.15, 0.2) is 48.5 Å². The van der Waals surface area contributed by atoms with Crippen LogP contribution in [0.25, 0.3) is 0 Å². The second-order valence-corrected chi connectivity index (χ2v) is 5.38. The van der Waals surface area contributed by atoms with Crippen molar-refractivity contribution in [3.63, 3.8) is 0 Å². The van der Waals surface area contributed by atoms with Gasteiger partial charge in [-0.3, -0.25) is 4.79 Å². The van der Waals surface area contributed by atoms with E-state index < -0.39 is 5.97 Å². The van der Waals surface area contributed by atoms with Gasteiger partial charge in [0.2, 0.25) is 0 Å². The van der Waals surface area contributed by atoms with E-state index in [0.717, 1.165) is 11.3 Å². The van der Waals surface area contributed by atoms with Crippen LogP contribution in [-0.2, 0) is 9.53 Å². The first-order valence-corrected chi connectivity index (χ1v) is 7.27. The Morgan fingerprint density at radius 2 is 1.70 bits per heavy atom. The van der Waals surface area contributed by atoms with Crippen LogP contribution in [0.5, 0.6) is 0 Å². The lowest BCUT2D eigenvalue weighted by atomic mass is 10.1. The highest BCUT2D eigenvalue weighted by molar-refractivity contribution is 5.96. The molecule has 0 radical (unpaired) electrons. The zero-order valence-electron chi connectivity index (χ0n) is 13.5. The maximum Gasteiger partial charge on any atom is 0.338 e. The van der Waals surface area contributed by atoms with Gasteiger partial charge in [-0.05, 0) is 42.8 Å². The van der Waals surface area contributed by atoms with Crippen LogP contribution >= 0.6 is 0 Å². The molecule has 23 heavy (non-hydrogen) atoms. The Bertz CT molecular complexity index is 694. The largest absolute Gasteiger partial charge is 0.452 e. The van der Waals surface area contributed by atoms with Gasteiger partial charge in [-0.25, -0.2) is 4.79 Å². The van der Waals surface area contributed by atoms with E-state index in [1.165, 1.54) is 0 Å². The molecule has 0 heterocycles. The van der Waals surface area contributed by atoms with Crippen LogP contribution in [0.4, 0.5) is 11.4 Å². The van der Waals surface area contributed by atoms with Crippen molar-refractivity contribution >= 4 is 23.3 Å². The van der Waals surface area contributed by atoms with Crippen LogP contribution in [0.2, 0.25) is 0 Å². The average Bonchev–Trinajstić information content (AvgIpc) is 2.53. The summed E-state index contributed by atoms with van der Waals surface area (Å²) in [5.41, 5.74) is 2.98. The molecule has 0 bridgehead atoms. The van der Waals surface area contributed by atoms with Crippen LogP contribution in [0.1, 0.15) is 15.9 Å². The van der Waals surface area contributed by atoms with Gasteiger partial charge in [-0.1, -0.05) is 18.2 Å². The van der Waals surface area contributed by atoms with E-state index in [1.807, 2.05) is 50.2 Å². The topological polar surface area (TPSA) is 58.6 Å². The van der Waals surface area contributed by atoms with Gasteiger partial charge in [0.25, 0.3) is 5.91 Å². The maximum absolute atomic E-state index is 11.9. The number of aryl methyl sites for hydroxylation is 1. The van der Waals surface area contributed by atoms with Crippen LogP contribution < -0.4 is 10.2 Å². The van der Waals surface area contributed by atoms with Gasteiger partial charge in [0.1, 0.15) is 0 Å². The van der Waals surface area contributed by atoms with Gasteiger partial charge in [0.05, 0.1) is 5.56 Å². The van der Waals surface area contributed by atoms with E-state index in [0.29, 0.717) is 11.3 Å². The zero-order valence-corrected chi connectivity index (χ0v) is 13.5. The SMILES string of the molecule is Cc1ccccc1C(=O)OCC(=O)Nc1ccc(N(C)C)cc1. The summed E-state index contributed by atoms with van der Waals surface area (Å²) >= 11 is 0. The number of carbonyl (C=O) groups excluding carboxylic acids is 2. The molecule has 0 fully saturated rings. The first-order chi connectivity index (χ1) is 11.0. The fourth-order valence-corrected chi connectivity index (χ4v) is 2.05. The highest BCUT2D eigenvalue weighted by Gasteiger charge is 2.12. The van der Waals surface area contributed by atoms with Crippen molar-refractivity contribution in [1.29, 1.82) is 0 Å². The third kappa shape index (κ3) is 4.57. The quantitative estimate of drug-likeness (QED) is 0.863. The molecule has 0 saturated heterocycles. The van der Waals surface area contributed by atoms with Crippen molar-refractivity contribution in [2.45, 2.75) is 6.92 Å². The fourth-order valence-electron chi connectivity index (χ4n) is 2.05. The molecule has 0 spiro atoms. The molecule has 1 N–H and O–H groups in total. The van der Waals surface area contributed by atoms with E-state index in [-0.39, 0.29) is 12.5 Å². The Morgan fingerprint density at radius 1 is 1.04 bits per heavy atom. The standard InChI is InChI=1S/C18H20N2O3/c1-13-6-4-5-7-16(13)18(22)23-12-17(21)19-14-8-10-15(11-9-14)20(2)3/h4-11H,12H2,1-3H3,(H,19,21). The van der Waals surface area contributed by atoms with E-state index in [9.17, 15) is 9.59 Å². The number of benzene rings is 2. The van der Waals surface area contributed by atoms with Crippen molar-refractivity contribution in [3.05, 3.63) is 59.7 Å². The van der Waals surface area contributed by atoms with Gasteiger partial charge in [0.15, 0.2) is 6.61 Å². The Kier molecular flexibility index (Phi) is 5.36. The number of amides is 1. The minimum absolute atomic E-state index is 0.317. The number of hydrogen-bond acceptors (Lipinski definition) is 4. The summed E-state index contributed by atoms with van der Waals surface area (Å²) in [4.78, 5) is 25.8. The third-order valence-electron chi connectivity index (χ3n) is 3.37. The fraction of sp³-hybridized carbons (Fsp3) is 0.222. The second kappa shape index (κ2) is 7.45. The molecule has 0 unspecified atom stereocenters. The van der Waals surface area contributed by atoms with Crippen molar-refractivity contribution < 1.29 is 14.3 Å². The van der Waals surface area contributed by atoms with Crippen molar-refractivity contribution in [1.82, 2.24) is 0 Å². The predicted octanol–water partition coefficient (Wildman–Crippen LogP) is 2.86. The van der Waals surface area contributed by atoms with Crippen LogP contribution in [-0.4, -0.2) is 32.6 Å². The van der Waals surface area contributed by atoms with E-state index in [1.54, 1.807) is 24.3 Å². The monoisotopic (exact) mass is 312 g/mol. The second-order valence-electron chi connectivity index (χ2n) is 5.38. The van der Waals surface area contributed by atoms with Gasteiger partial charge in [-0.15, -0.1) is 0 Å². The molecule has 2 rings (SSSR count). The molecule has 0 aliphatic rings. The average molecular weight is 312 g/mol. The molecule has 0 aromatic heterocycles. The summed E-state index contributed by atoms with van der Waals surface area (Å²) in [6.07, 6.45) is 0. The van der Waals surface area contributed by atoms with Gasteiger partial charge in [0, 0.05) is 25.5 Å². The number of hydrogen-bond donors (Lipinski definition) is 1. The molecular formula is C18H20N2O3. The molecule has 5 nitrogen and oxygen atoms in total. The summed E-state index contributed by atoms with van der Waals surface area (Å²) in [6.45, 7) is 1.51. The molecule has 2 aromatic carbocycles. The van der Waals surface area contributed by atoms with E-state index in [4.69, 9.17) is 4.74 Å². The number of anilines is 2.